The molecule has 0 atom stereocenters. The summed E-state index contributed by atoms with van der Waals surface area (Å²) in [5, 5.41) is 6.06. The van der Waals surface area contributed by atoms with E-state index in [1.807, 2.05) is 24.3 Å². The molecule has 0 spiro atoms. The van der Waals surface area contributed by atoms with Crippen LogP contribution in [0.4, 0.5) is 26.2 Å². The molecule has 2 aromatic carbocycles. The zero-order chi connectivity index (χ0) is 18.4. The highest BCUT2D eigenvalue weighted by Crippen LogP contribution is 2.17. The zero-order valence-corrected chi connectivity index (χ0v) is 14.2. The second-order valence-electron chi connectivity index (χ2n) is 5.55. The summed E-state index contributed by atoms with van der Waals surface area (Å²) >= 11 is 0. The third-order valence-corrected chi connectivity index (χ3v) is 3.69. The molecule has 3 aromatic rings. The van der Waals surface area contributed by atoms with Crippen molar-refractivity contribution in [2.24, 2.45) is 0 Å². The summed E-state index contributed by atoms with van der Waals surface area (Å²) < 4.78 is 31.5. The Morgan fingerprint density at radius 1 is 1.04 bits per heavy atom. The molecule has 0 aliphatic heterocycles. The Morgan fingerprint density at radius 2 is 1.92 bits per heavy atom. The number of nitrogens with one attached hydrogen (secondary N) is 2. The van der Waals surface area contributed by atoms with Crippen molar-refractivity contribution in [2.45, 2.75) is 6.42 Å². The monoisotopic (exact) mass is 356 g/mol. The van der Waals surface area contributed by atoms with Crippen molar-refractivity contribution in [3.8, 4) is 5.75 Å². The molecular weight excluding hydrogens is 338 g/mol. The fraction of sp³-hybridized carbons (Fsp3) is 0.158. The van der Waals surface area contributed by atoms with Gasteiger partial charge in [0, 0.05) is 24.5 Å². The first-order valence-corrected chi connectivity index (χ1v) is 8.06. The fourth-order valence-corrected chi connectivity index (χ4v) is 2.38. The second kappa shape index (κ2) is 8.24. The number of rotatable bonds is 7. The van der Waals surface area contributed by atoms with Gasteiger partial charge in [0.05, 0.1) is 7.11 Å². The average Bonchev–Trinajstić information content (AvgIpc) is 2.65. The molecule has 1 aromatic heterocycles. The lowest BCUT2D eigenvalue weighted by Gasteiger charge is -2.09. The minimum absolute atomic E-state index is 0.294. The van der Waals surface area contributed by atoms with Gasteiger partial charge in [0.15, 0.2) is 11.6 Å². The van der Waals surface area contributed by atoms with Crippen molar-refractivity contribution in [3.05, 3.63) is 71.9 Å². The summed E-state index contributed by atoms with van der Waals surface area (Å²) in [4.78, 5) is 8.39. The van der Waals surface area contributed by atoms with Crippen LogP contribution >= 0.6 is 0 Å². The smallest absolute Gasteiger partial charge is 0.229 e. The van der Waals surface area contributed by atoms with Gasteiger partial charge in [-0.1, -0.05) is 12.1 Å². The number of methoxy groups -OCH3 is 1. The topological polar surface area (TPSA) is 59.1 Å². The number of halogens is 2. The van der Waals surface area contributed by atoms with E-state index < -0.39 is 11.6 Å². The Morgan fingerprint density at radius 3 is 2.73 bits per heavy atom. The van der Waals surface area contributed by atoms with Gasteiger partial charge in [0.2, 0.25) is 5.95 Å². The zero-order valence-electron chi connectivity index (χ0n) is 14.2. The predicted octanol–water partition coefficient (Wildman–Crippen LogP) is 4.16. The Hall–Kier alpha value is -3.22. The minimum Gasteiger partial charge on any atom is -0.497 e. The molecule has 26 heavy (non-hydrogen) atoms. The standard InChI is InChI=1S/C19H18F2N4O/c1-26-15-4-2-3-13(11-15)7-9-22-18-8-10-23-19(25-18)24-14-5-6-16(20)17(21)12-14/h2-6,8,10-12H,7,9H2,1H3,(H2,22,23,24,25). The summed E-state index contributed by atoms with van der Waals surface area (Å²) in [7, 11) is 1.64. The van der Waals surface area contributed by atoms with Crippen molar-refractivity contribution in [2.75, 3.05) is 24.3 Å². The molecule has 0 saturated carbocycles. The molecule has 0 fully saturated rings. The van der Waals surface area contributed by atoms with Crippen LogP contribution in [0.1, 0.15) is 5.56 Å². The number of aromatic nitrogens is 2. The molecule has 0 aliphatic carbocycles. The van der Waals surface area contributed by atoms with Crippen LogP contribution in [0, 0.1) is 11.6 Å². The highest BCUT2D eigenvalue weighted by molar-refractivity contribution is 5.54. The Balaban J connectivity index is 1.59. The van der Waals surface area contributed by atoms with Crippen LogP contribution in [0.2, 0.25) is 0 Å². The van der Waals surface area contributed by atoms with Crippen LogP contribution < -0.4 is 15.4 Å². The van der Waals surface area contributed by atoms with Gasteiger partial charge in [-0.05, 0) is 42.3 Å². The Labute approximate surface area is 150 Å². The van der Waals surface area contributed by atoms with Gasteiger partial charge in [-0.3, -0.25) is 0 Å². The first kappa shape index (κ1) is 17.6. The number of hydrogen-bond acceptors (Lipinski definition) is 5. The minimum atomic E-state index is -0.928. The number of hydrogen-bond donors (Lipinski definition) is 2. The molecule has 1 heterocycles. The average molecular weight is 356 g/mol. The maximum absolute atomic E-state index is 13.3. The van der Waals surface area contributed by atoms with E-state index in [1.54, 1.807) is 19.4 Å². The van der Waals surface area contributed by atoms with Crippen LogP contribution in [-0.2, 0) is 6.42 Å². The molecule has 0 unspecified atom stereocenters. The van der Waals surface area contributed by atoms with Gasteiger partial charge in [0.25, 0.3) is 0 Å². The summed E-state index contributed by atoms with van der Waals surface area (Å²) in [6.07, 6.45) is 2.39. The summed E-state index contributed by atoms with van der Waals surface area (Å²) in [6, 6.07) is 13.1. The highest BCUT2D eigenvalue weighted by atomic mass is 19.2. The predicted molar refractivity (Wildman–Crippen MR) is 96.9 cm³/mol. The Bertz CT molecular complexity index is 889. The third kappa shape index (κ3) is 4.66. The normalized spacial score (nSPS) is 10.4. The van der Waals surface area contributed by atoms with Crippen molar-refractivity contribution in [1.29, 1.82) is 0 Å². The van der Waals surface area contributed by atoms with Gasteiger partial charge < -0.3 is 15.4 Å². The van der Waals surface area contributed by atoms with E-state index >= 15 is 0 Å². The number of nitrogens with zero attached hydrogens (tertiary/aromatic N) is 2. The molecule has 7 heteroatoms. The maximum atomic E-state index is 13.3. The molecule has 0 radical (unpaired) electrons. The van der Waals surface area contributed by atoms with Gasteiger partial charge in [-0.25, -0.2) is 13.8 Å². The molecule has 2 N–H and O–H groups in total. The van der Waals surface area contributed by atoms with E-state index in [-0.39, 0.29) is 0 Å². The van der Waals surface area contributed by atoms with Gasteiger partial charge in [-0.15, -0.1) is 0 Å². The molecule has 0 saturated heterocycles. The van der Waals surface area contributed by atoms with Crippen LogP contribution in [0.5, 0.6) is 5.75 Å². The van der Waals surface area contributed by atoms with Crippen molar-refractivity contribution < 1.29 is 13.5 Å². The van der Waals surface area contributed by atoms with Crippen molar-refractivity contribution in [3.63, 3.8) is 0 Å². The fourth-order valence-electron chi connectivity index (χ4n) is 2.38. The molecule has 0 amide bonds. The maximum Gasteiger partial charge on any atom is 0.229 e. The van der Waals surface area contributed by atoms with Crippen molar-refractivity contribution >= 4 is 17.5 Å². The summed E-state index contributed by atoms with van der Waals surface area (Å²) in [5.74, 6) is -0.0788. The highest BCUT2D eigenvalue weighted by Gasteiger charge is 2.05. The number of ether oxygens (including phenoxy) is 1. The van der Waals surface area contributed by atoms with E-state index in [9.17, 15) is 8.78 Å². The van der Waals surface area contributed by atoms with E-state index in [4.69, 9.17) is 4.74 Å². The second-order valence-corrected chi connectivity index (χ2v) is 5.55. The summed E-state index contributed by atoms with van der Waals surface area (Å²) in [6.45, 7) is 0.675. The Kier molecular flexibility index (Phi) is 5.58. The third-order valence-electron chi connectivity index (χ3n) is 3.69. The van der Waals surface area contributed by atoms with Crippen molar-refractivity contribution in [1.82, 2.24) is 9.97 Å². The van der Waals surface area contributed by atoms with Crippen LogP contribution in [0.15, 0.2) is 54.7 Å². The van der Waals surface area contributed by atoms with E-state index in [2.05, 4.69) is 20.6 Å². The van der Waals surface area contributed by atoms with Gasteiger partial charge in [0.1, 0.15) is 11.6 Å². The molecule has 5 nitrogen and oxygen atoms in total. The molecule has 3 rings (SSSR count). The molecule has 0 aliphatic rings. The largest absolute Gasteiger partial charge is 0.497 e. The first-order chi connectivity index (χ1) is 12.6. The van der Waals surface area contributed by atoms with Crippen LogP contribution in [-0.4, -0.2) is 23.6 Å². The molecular formula is C19H18F2N4O. The van der Waals surface area contributed by atoms with Gasteiger partial charge in [-0.2, -0.15) is 4.98 Å². The first-order valence-electron chi connectivity index (χ1n) is 8.06. The number of benzene rings is 2. The SMILES string of the molecule is COc1cccc(CCNc2ccnc(Nc3ccc(F)c(F)c3)n2)c1. The number of anilines is 3. The van der Waals surface area contributed by atoms with E-state index in [1.165, 1.54) is 6.07 Å². The lowest BCUT2D eigenvalue weighted by molar-refractivity contribution is 0.414. The lowest BCUT2D eigenvalue weighted by atomic mass is 10.1. The molecule has 134 valence electrons. The van der Waals surface area contributed by atoms with E-state index in [0.29, 0.717) is 24.0 Å². The molecule has 0 bridgehead atoms. The van der Waals surface area contributed by atoms with Crippen LogP contribution in [0.3, 0.4) is 0 Å². The van der Waals surface area contributed by atoms with E-state index in [0.717, 1.165) is 29.9 Å². The lowest BCUT2D eigenvalue weighted by Crippen LogP contribution is -2.08. The summed E-state index contributed by atoms with van der Waals surface area (Å²) in [5.41, 5.74) is 1.52. The quantitative estimate of drug-likeness (QED) is 0.666. The van der Waals surface area contributed by atoms with Gasteiger partial charge >= 0.3 is 0 Å². The van der Waals surface area contributed by atoms with Crippen LogP contribution in [0.25, 0.3) is 0 Å².